The van der Waals surface area contributed by atoms with Gasteiger partial charge in [-0.15, -0.1) is 0 Å². The number of hydrogen-bond acceptors (Lipinski definition) is 5. The summed E-state index contributed by atoms with van der Waals surface area (Å²) in [5.41, 5.74) is -0.104. The van der Waals surface area contributed by atoms with E-state index in [1.165, 1.54) is 20.2 Å². The molecule has 0 spiro atoms. The lowest BCUT2D eigenvalue weighted by Gasteiger charge is -2.14. The van der Waals surface area contributed by atoms with E-state index in [4.69, 9.17) is 4.74 Å². The fraction of sp³-hybridized carbons (Fsp3) is 0.158. The molecule has 0 fully saturated rings. The van der Waals surface area contributed by atoms with E-state index in [1.807, 2.05) is 0 Å². The van der Waals surface area contributed by atoms with Crippen molar-refractivity contribution in [3.8, 4) is 17.0 Å². The Morgan fingerprint density at radius 1 is 1.18 bits per heavy atom. The fourth-order valence-electron chi connectivity index (χ4n) is 2.46. The number of methoxy groups -OCH3 is 1. The highest BCUT2D eigenvalue weighted by Crippen LogP contribution is 2.20. The van der Waals surface area contributed by atoms with Crippen LogP contribution in [0.4, 0.5) is 14.5 Å². The maximum Gasteiger partial charge on any atom is 0.365 e. The summed E-state index contributed by atoms with van der Waals surface area (Å²) in [7, 11) is 1.54. The molecule has 0 saturated heterocycles. The van der Waals surface area contributed by atoms with Crippen molar-refractivity contribution in [2.75, 3.05) is 12.4 Å². The summed E-state index contributed by atoms with van der Waals surface area (Å²) in [6.07, 6.45) is 1.34. The normalized spacial score (nSPS) is 11.7. The number of carbonyl (C=O) groups excluding carboxylic acids is 1. The van der Waals surface area contributed by atoms with Gasteiger partial charge in [0.2, 0.25) is 5.91 Å². The van der Waals surface area contributed by atoms with Crippen molar-refractivity contribution in [2.24, 2.45) is 0 Å². The molecule has 0 saturated carbocycles. The quantitative estimate of drug-likeness (QED) is 0.729. The zero-order chi connectivity index (χ0) is 20.3. The van der Waals surface area contributed by atoms with Crippen LogP contribution in [0.25, 0.3) is 11.3 Å². The Balaban J connectivity index is 1.81. The van der Waals surface area contributed by atoms with Crippen LogP contribution in [0.1, 0.15) is 13.0 Å². The van der Waals surface area contributed by atoms with Gasteiger partial charge in [-0.1, -0.05) is 0 Å². The third-order valence-electron chi connectivity index (χ3n) is 4.03. The molecule has 1 aromatic heterocycles. The third-order valence-corrected chi connectivity index (χ3v) is 4.03. The Labute approximate surface area is 158 Å². The molecule has 0 aliphatic rings. The summed E-state index contributed by atoms with van der Waals surface area (Å²) >= 11 is 0. The third kappa shape index (κ3) is 4.03. The molecule has 0 aliphatic carbocycles. The topological polar surface area (TPSA) is 86.1 Å². The molecule has 0 radical (unpaired) electrons. The largest absolute Gasteiger partial charge is 0.497 e. The number of nitrogens with zero attached hydrogens (tertiary/aromatic N) is 3. The van der Waals surface area contributed by atoms with E-state index in [1.54, 1.807) is 24.3 Å². The lowest BCUT2D eigenvalue weighted by atomic mass is 10.1. The molecule has 7 nitrogen and oxygen atoms in total. The molecule has 144 valence electrons. The predicted octanol–water partition coefficient (Wildman–Crippen LogP) is 2.79. The summed E-state index contributed by atoms with van der Waals surface area (Å²) < 4.78 is 32.9. The highest BCUT2D eigenvalue weighted by molar-refractivity contribution is 5.93. The summed E-state index contributed by atoms with van der Waals surface area (Å²) in [5, 5.41) is 6.22. The first-order valence-electron chi connectivity index (χ1n) is 8.25. The van der Waals surface area contributed by atoms with Gasteiger partial charge in [-0.2, -0.15) is 10.1 Å². The highest BCUT2D eigenvalue weighted by Gasteiger charge is 2.20. The molecule has 1 heterocycles. The van der Waals surface area contributed by atoms with Crippen LogP contribution < -0.4 is 15.7 Å². The van der Waals surface area contributed by atoms with E-state index in [2.05, 4.69) is 15.4 Å². The van der Waals surface area contributed by atoms with E-state index < -0.39 is 29.3 Å². The molecule has 1 N–H and O–H groups in total. The first-order chi connectivity index (χ1) is 13.4. The summed E-state index contributed by atoms with van der Waals surface area (Å²) in [5.74, 6) is -1.58. The number of aromatic nitrogens is 3. The zero-order valence-electron chi connectivity index (χ0n) is 15.0. The van der Waals surface area contributed by atoms with Gasteiger partial charge >= 0.3 is 5.69 Å². The molecule has 3 aromatic rings. The van der Waals surface area contributed by atoms with Gasteiger partial charge in [-0.05, 0) is 43.3 Å². The second kappa shape index (κ2) is 7.95. The second-order valence-electron chi connectivity index (χ2n) is 5.89. The van der Waals surface area contributed by atoms with Crippen LogP contribution in [-0.2, 0) is 4.79 Å². The Morgan fingerprint density at radius 2 is 1.89 bits per heavy atom. The SMILES string of the molecule is COc1ccc(-c2cnn([C@@H](C)C(=O)Nc3cc(F)ccc3F)c(=O)n2)cc1. The summed E-state index contributed by atoms with van der Waals surface area (Å²) in [6, 6.07) is 8.45. The van der Waals surface area contributed by atoms with Crippen LogP contribution in [0.15, 0.2) is 53.5 Å². The Hall–Kier alpha value is -3.62. The van der Waals surface area contributed by atoms with Gasteiger partial charge in [-0.3, -0.25) is 4.79 Å². The van der Waals surface area contributed by atoms with Gasteiger partial charge in [0, 0.05) is 11.6 Å². The van der Waals surface area contributed by atoms with Gasteiger partial charge in [-0.25, -0.2) is 18.3 Å². The number of hydrogen-bond donors (Lipinski definition) is 1. The number of nitrogens with one attached hydrogen (secondary N) is 1. The minimum atomic E-state index is -1.09. The molecule has 0 aliphatic heterocycles. The van der Waals surface area contributed by atoms with E-state index in [0.717, 1.165) is 22.9 Å². The van der Waals surface area contributed by atoms with Crippen molar-refractivity contribution >= 4 is 11.6 Å². The minimum Gasteiger partial charge on any atom is -0.497 e. The standard InChI is InChI=1S/C19H16F2N4O3/c1-11(18(26)23-16-9-13(20)5-8-15(16)21)25-19(27)24-17(10-22-25)12-3-6-14(28-2)7-4-12/h3-11H,1-2H3,(H,23,26)/t11-/m0/s1. The lowest BCUT2D eigenvalue weighted by Crippen LogP contribution is -2.35. The van der Waals surface area contributed by atoms with Gasteiger partial charge in [0.1, 0.15) is 23.4 Å². The first-order valence-corrected chi connectivity index (χ1v) is 8.25. The first kappa shape index (κ1) is 19.2. The number of rotatable bonds is 5. The Morgan fingerprint density at radius 3 is 2.54 bits per heavy atom. The average Bonchev–Trinajstić information content (AvgIpc) is 2.70. The van der Waals surface area contributed by atoms with Crippen molar-refractivity contribution in [1.82, 2.24) is 14.8 Å². The predicted molar refractivity (Wildman–Crippen MR) is 98.0 cm³/mol. The summed E-state index contributed by atoms with van der Waals surface area (Å²) in [4.78, 5) is 28.5. The van der Waals surface area contributed by atoms with Crippen LogP contribution >= 0.6 is 0 Å². The molecular weight excluding hydrogens is 370 g/mol. The van der Waals surface area contributed by atoms with Crippen LogP contribution in [0.3, 0.4) is 0 Å². The van der Waals surface area contributed by atoms with Crippen molar-refractivity contribution in [3.05, 3.63) is 70.8 Å². The van der Waals surface area contributed by atoms with Crippen molar-refractivity contribution in [2.45, 2.75) is 13.0 Å². The molecule has 28 heavy (non-hydrogen) atoms. The molecular formula is C19H16F2N4O3. The van der Waals surface area contributed by atoms with Crippen LogP contribution in [0.2, 0.25) is 0 Å². The van der Waals surface area contributed by atoms with E-state index in [-0.39, 0.29) is 5.69 Å². The van der Waals surface area contributed by atoms with Gasteiger partial charge in [0.05, 0.1) is 24.7 Å². The minimum absolute atomic E-state index is 0.326. The molecule has 0 unspecified atom stereocenters. The Bertz CT molecular complexity index is 1070. The van der Waals surface area contributed by atoms with E-state index >= 15 is 0 Å². The summed E-state index contributed by atoms with van der Waals surface area (Å²) in [6.45, 7) is 1.40. The van der Waals surface area contributed by atoms with E-state index in [9.17, 15) is 18.4 Å². The molecule has 9 heteroatoms. The number of anilines is 1. The smallest absolute Gasteiger partial charge is 0.365 e. The molecule has 0 bridgehead atoms. The van der Waals surface area contributed by atoms with Crippen molar-refractivity contribution in [1.29, 1.82) is 0 Å². The van der Waals surface area contributed by atoms with Crippen LogP contribution in [0.5, 0.6) is 5.75 Å². The van der Waals surface area contributed by atoms with Crippen molar-refractivity contribution < 1.29 is 18.3 Å². The van der Waals surface area contributed by atoms with Gasteiger partial charge < -0.3 is 10.1 Å². The number of benzene rings is 2. The van der Waals surface area contributed by atoms with Crippen LogP contribution in [-0.4, -0.2) is 27.8 Å². The number of halogens is 2. The monoisotopic (exact) mass is 386 g/mol. The van der Waals surface area contributed by atoms with Crippen LogP contribution in [0, 0.1) is 11.6 Å². The molecule has 1 amide bonds. The number of amides is 1. The molecule has 2 aromatic carbocycles. The maximum absolute atomic E-state index is 13.7. The molecule has 3 rings (SSSR count). The Kier molecular flexibility index (Phi) is 5.44. The molecule has 1 atom stereocenters. The van der Waals surface area contributed by atoms with Gasteiger partial charge in [0.25, 0.3) is 0 Å². The van der Waals surface area contributed by atoms with Crippen molar-refractivity contribution in [3.63, 3.8) is 0 Å². The lowest BCUT2D eigenvalue weighted by molar-refractivity contribution is -0.119. The number of ether oxygens (including phenoxy) is 1. The number of carbonyl (C=O) groups is 1. The maximum atomic E-state index is 13.7. The average molecular weight is 386 g/mol. The van der Waals surface area contributed by atoms with E-state index in [0.29, 0.717) is 17.0 Å². The second-order valence-corrected chi connectivity index (χ2v) is 5.89. The van der Waals surface area contributed by atoms with Gasteiger partial charge in [0.15, 0.2) is 0 Å². The highest BCUT2D eigenvalue weighted by atomic mass is 19.1. The zero-order valence-corrected chi connectivity index (χ0v) is 15.0. The fourth-order valence-corrected chi connectivity index (χ4v) is 2.46.